The molecule has 6 nitrogen and oxygen atoms in total. The molecule has 2 N–H and O–H groups in total. The predicted molar refractivity (Wildman–Crippen MR) is 114 cm³/mol. The quantitative estimate of drug-likeness (QED) is 0.724. The molecule has 1 aliphatic heterocycles. The molecule has 0 bridgehead atoms. The van der Waals surface area contributed by atoms with Crippen LogP contribution in [-0.4, -0.2) is 28.7 Å². The third-order valence-corrected chi connectivity index (χ3v) is 5.37. The van der Waals surface area contributed by atoms with Crippen LogP contribution < -0.4 is 16.2 Å². The fourth-order valence-electron chi connectivity index (χ4n) is 3.60. The van der Waals surface area contributed by atoms with E-state index in [0.29, 0.717) is 36.7 Å². The third-order valence-electron chi connectivity index (χ3n) is 5.37. The number of hydrogen-bond donors (Lipinski definition) is 1. The lowest BCUT2D eigenvalue weighted by Gasteiger charge is -2.31. The van der Waals surface area contributed by atoms with Crippen molar-refractivity contribution >= 4 is 5.82 Å². The van der Waals surface area contributed by atoms with Crippen molar-refractivity contribution in [3.8, 4) is 17.3 Å². The zero-order chi connectivity index (χ0) is 21.1. The first-order valence-electron chi connectivity index (χ1n) is 9.90. The van der Waals surface area contributed by atoms with Crippen LogP contribution in [0.2, 0.25) is 0 Å². The van der Waals surface area contributed by atoms with Crippen LogP contribution in [0.15, 0.2) is 59.5 Å². The highest BCUT2D eigenvalue weighted by atomic mass is 19.1. The highest BCUT2D eigenvalue weighted by molar-refractivity contribution is 5.61. The molecular formula is C23H22FN5O. The van der Waals surface area contributed by atoms with Crippen molar-refractivity contribution in [3.05, 3.63) is 82.0 Å². The second kappa shape index (κ2) is 8.47. The summed E-state index contributed by atoms with van der Waals surface area (Å²) in [5.74, 6) is 0.0790. The molecule has 0 spiro atoms. The number of aromatic nitrogens is 2. The number of anilines is 1. The van der Waals surface area contributed by atoms with Crippen LogP contribution in [-0.2, 0) is 6.54 Å². The molecule has 152 valence electrons. The van der Waals surface area contributed by atoms with Gasteiger partial charge < -0.3 is 15.2 Å². The lowest BCUT2D eigenvalue weighted by atomic mass is 10.1. The predicted octanol–water partition coefficient (Wildman–Crippen LogP) is 2.90. The Morgan fingerprint density at radius 3 is 2.40 bits per heavy atom. The maximum Gasteiger partial charge on any atom is 0.293 e. The fourth-order valence-corrected chi connectivity index (χ4v) is 3.60. The first-order chi connectivity index (χ1) is 14.5. The molecule has 1 saturated heterocycles. The molecule has 3 aromatic rings. The summed E-state index contributed by atoms with van der Waals surface area (Å²) in [5, 5.41) is 9.04. The van der Waals surface area contributed by atoms with Gasteiger partial charge in [0, 0.05) is 30.9 Å². The first-order valence-corrected chi connectivity index (χ1v) is 9.90. The molecule has 1 aliphatic rings. The summed E-state index contributed by atoms with van der Waals surface area (Å²) in [7, 11) is 0. The molecule has 4 rings (SSSR count). The van der Waals surface area contributed by atoms with Gasteiger partial charge in [-0.05, 0) is 42.7 Å². The van der Waals surface area contributed by atoms with Crippen LogP contribution in [0.25, 0.3) is 11.3 Å². The smallest absolute Gasteiger partial charge is 0.293 e. The van der Waals surface area contributed by atoms with E-state index in [-0.39, 0.29) is 17.4 Å². The van der Waals surface area contributed by atoms with Gasteiger partial charge >= 0.3 is 0 Å². The van der Waals surface area contributed by atoms with Crippen LogP contribution in [0.3, 0.4) is 0 Å². The standard InChI is InChI=1S/C23H22FN5O/c24-19-7-3-17(4-8-19)14-29-15-21(18-5-1-16(13-25)2-6-18)27-22(23(29)30)28-11-9-20(26)10-12-28/h1-8,15,20H,9-12,14,26H2. The lowest BCUT2D eigenvalue weighted by Crippen LogP contribution is -2.43. The summed E-state index contributed by atoms with van der Waals surface area (Å²) >= 11 is 0. The molecule has 1 fully saturated rings. The molecule has 0 atom stereocenters. The zero-order valence-corrected chi connectivity index (χ0v) is 16.5. The summed E-state index contributed by atoms with van der Waals surface area (Å²) in [6.45, 7) is 1.67. The second-order valence-electron chi connectivity index (χ2n) is 7.52. The van der Waals surface area contributed by atoms with E-state index in [9.17, 15) is 9.18 Å². The number of nitriles is 1. The van der Waals surface area contributed by atoms with E-state index < -0.39 is 0 Å². The molecule has 0 radical (unpaired) electrons. The van der Waals surface area contributed by atoms with Crippen molar-refractivity contribution in [2.75, 3.05) is 18.0 Å². The van der Waals surface area contributed by atoms with Crippen molar-refractivity contribution < 1.29 is 4.39 Å². The van der Waals surface area contributed by atoms with E-state index in [1.54, 1.807) is 35.0 Å². The summed E-state index contributed by atoms with van der Waals surface area (Å²) in [6.07, 6.45) is 3.33. The fraction of sp³-hybridized carbons (Fsp3) is 0.261. The average molecular weight is 403 g/mol. The number of halogens is 1. The van der Waals surface area contributed by atoms with Gasteiger partial charge in [-0.25, -0.2) is 9.37 Å². The second-order valence-corrected chi connectivity index (χ2v) is 7.52. The Labute approximate surface area is 174 Å². The topological polar surface area (TPSA) is 87.9 Å². The highest BCUT2D eigenvalue weighted by Crippen LogP contribution is 2.21. The van der Waals surface area contributed by atoms with Gasteiger partial charge in [0.1, 0.15) is 5.82 Å². The van der Waals surface area contributed by atoms with Crippen LogP contribution in [0.1, 0.15) is 24.0 Å². The minimum Gasteiger partial charge on any atom is -0.352 e. The van der Waals surface area contributed by atoms with Gasteiger partial charge in [0.15, 0.2) is 5.82 Å². The van der Waals surface area contributed by atoms with Crippen LogP contribution in [0.4, 0.5) is 10.2 Å². The highest BCUT2D eigenvalue weighted by Gasteiger charge is 2.22. The monoisotopic (exact) mass is 403 g/mol. The molecule has 2 aromatic carbocycles. The van der Waals surface area contributed by atoms with Crippen molar-refractivity contribution in [2.24, 2.45) is 5.73 Å². The maximum absolute atomic E-state index is 13.3. The van der Waals surface area contributed by atoms with Gasteiger partial charge in [-0.3, -0.25) is 4.79 Å². The van der Waals surface area contributed by atoms with Crippen molar-refractivity contribution in [2.45, 2.75) is 25.4 Å². The van der Waals surface area contributed by atoms with Gasteiger partial charge in [0.2, 0.25) is 0 Å². The van der Waals surface area contributed by atoms with Crippen molar-refractivity contribution in [1.82, 2.24) is 9.55 Å². The number of hydrogen-bond acceptors (Lipinski definition) is 5. The number of piperidine rings is 1. The minimum atomic E-state index is -0.315. The van der Waals surface area contributed by atoms with Crippen molar-refractivity contribution in [3.63, 3.8) is 0 Å². The molecule has 0 unspecified atom stereocenters. The Morgan fingerprint density at radius 1 is 1.10 bits per heavy atom. The van der Waals surface area contributed by atoms with Gasteiger partial charge in [-0.1, -0.05) is 24.3 Å². The normalized spacial score (nSPS) is 14.5. The Balaban J connectivity index is 1.77. The number of benzene rings is 2. The summed E-state index contributed by atoms with van der Waals surface area (Å²) in [6, 6.07) is 15.5. The average Bonchev–Trinajstić information content (AvgIpc) is 2.77. The van der Waals surface area contributed by atoms with E-state index in [2.05, 4.69) is 11.1 Å². The summed E-state index contributed by atoms with van der Waals surface area (Å²) < 4.78 is 14.9. The number of nitrogens with two attached hydrogens (primary N) is 1. The Morgan fingerprint density at radius 2 is 1.77 bits per heavy atom. The van der Waals surface area contributed by atoms with Gasteiger partial charge in [0.25, 0.3) is 5.56 Å². The zero-order valence-electron chi connectivity index (χ0n) is 16.5. The van der Waals surface area contributed by atoms with E-state index >= 15 is 0 Å². The SMILES string of the molecule is N#Cc1ccc(-c2cn(Cc3ccc(F)cc3)c(=O)c(N3CCC(N)CC3)n2)cc1. The molecule has 7 heteroatoms. The molecular weight excluding hydrogens is 381 g/mol. The molecule has 1 aromatic heterocycles. The molecule has 0 amide bonds. The maximum atomic E-state index is 13.3. The Kier molecular flexibility index (Phi) is 5.59. The van der Waals surface area contributed by atoms with E-state index in [0.717, 1.165) is 24.0 Å². The number of rotatable bonds is 4. The van der Waals surface area contributed by atoms with Crippen LogP contribution in [0, 0.1) is 17.1 Å². The molecule has 2 heterocycles. The van der Waals surface area contributed by atoms with E-state index in [1.165, 1.54) is 12.1 Å². The van der Waals surface area contributed by atoms with E-state index in [4.69, 9.17) is 11.0 Å². The Bertz CT molecular complexity index is 1120. The lowest BCUT2D eigenvalue weighted by molar-refractivity contribution is 0.496. The van der Waals surface area contributed by atoms with Crippen molar-refractivity contribution in [1.29, 1.82) is 5.26 Å². The summed E-state index contributed by atoms with van der Waals surface area (Å²) in [5.41, 5.74) is 8.67. The number of nitrogens with zero attached hydrogens (tertiary/aromatic N) is 4. The summed E-state index contributed by atoms with van der Waals surface area (Å²) in [4.78, 5) is 19.9. The molecule has 0 aliphatic carbocycles. The third kappa shape index (κ3) is 4.24. The van der Waals surface area contributed by atoms with Gasteiger partial charge in [-0.2, -0.15) is 5.26 Å². The van der Waals surface area contributed by atoms with E-state index in [1.807, 2.05) is 17.0 Å². The van der Waals surface area contributed by atoms with Crippen LogP contribution in [0.5, 0.6) is 0 Å². The van der Waals surface area contributed by atoms with Gasteiger partial charge in [-0.15, -0.1) is 0 Å². The van der Waals surface area contributed by atoms with Crippen LogP contribution >= 0.6 is 0 Å². The molecule has 0 saturated carbocycles. The first kappa shape index (κ1) is 19.8. The largest absolute Gasteiger partial charge is 0.352 e. The molecule has 30 heavy (non-hydrogen) atoms. The minimum absolute atomic E-state index is 0.143. The Hall–Kier alpha value is -3.50. The van der Waals surface area contributed by atoms with Gasteiger partial charge in [0.05, 0.1) is 23.9 Å².